The van der Waals surface area contributed by atoms with E-state index in [2.05, 4.69) is 4.85 Å². The molecule has 0 unspecified atom stereocenters. The number of rotatable bonds is 2. The number of nitrogens with zero attached hydrogens (tertiary/aromatic N) is 1. The molecule has 3 nitrogen and oxygen atoms in total. The van der Waals surface area contributed by atoms with Gasteiger partial charge in [-0.25, -0.2) is 14.0 Å². The maximum absolute atomic E-state index is 13.1. The van der Waals surface area contributed by atoms with Gasteiger partial charge in [-0.05, 0) is 46.2 Å². The lowest BCUT2D eigenvalue weighted by atomic mass is 9.95. The zero-order valence-electron chi connectivity index (χ0n) is 11.4. The van der Waals surface area contributed by atoms with Crippen LogP contribution in [0.5, 0.6) is 0 Å². The Hall–Kier alpha value is -3.19. The average Bonchev–Trinajstić information content (AvgIpc) is 2.54. The van der Waals surface area contributed by atoms with Gasteiger partial charge < -0.3 is 5.11 Å². The Morgan fingerprint density at radius 2 is 1.73 bits per heavy atom. The van der Waals surface area contributed by atoms with Crippen LogP contribution in [0.15, 0.2) is 54.6 Å². The topological polar surface area (TPSA) is 41.7 Å². The molecule has 106 valence electrons. The van der Waals surface area contributed by atoms with Crippen molar-refractivity contribution in [1.29, 1.82) is 0 Å². The number of aromatic carboxylic acids is 1. The Bertz CT molecular complexity index is 924. The summed E-state index contributed by atoms with van der Waals surface area (Å²) in [6.07, 6.45) is 0. The molecule has 22 heavy (non-hydrogen) atoms. The molecule has 0 aromatic heterocycles. The van der Waals surface area contributed by atoms with Crippen LogP contribution in [-0.4, -0.2) is 11.1 Å². The molecule has 0 saturated heterocycles. The summed E-state index contributed by atoms with van der Waals surface area (Å²) in [5, 5.41) is 10.7. The molecule has 0 atom stereocenters. The summed E-state index contributed by atoms with van der Waals surface area (Å²) < 4.78 is 13.1. The first kappa shape index (κ1) is 13.8. The van der Waals surface area contributed by atoms with Crippen LogP contribution in [0.2, 0.25) is 0 Å². The lowest BCUT2D eigenvalue weighted by Gasteiger charge is -2.10. The van der Waals surface area contributed by atoms with Gasteiger partial charge in [-0.15, -0.1) is 0 Å². The molecule has 0 aliphatic heterocycles. The van der Waals surface area contributed by atoms with Gasteiger partial charge in [-0.3, -0.25) is 0 Å². The predicted octanol–water partition coefficient (Wildman–Crippen LogP) is 4.89. The van der Waals surface area contributed by atoms with Gasteiger partial charge in [-0.2, -0.15) is 0 Å². The predicted molar refractivity (Wildman–Crippen MR) is 82.6 cm³/mol. The molecule has 1 N–H and O–H groups in total. The molecule has 3 aromatic rings. The molecular formula is C18H10FNO2. The van der Waals surface area contributed by atoms with E-state index < -0.39 is 5.97 Å². The van der Waals surface area contributed by atoms with E-state index in [9.17, 15) is 9.18 Å². The van der Waals surface area contributed by atoms with Crippen molar-refractivity contribution in [2.75, 3.05) is 0 Å². The van der Waals surface area contributed by atoms with E-state index in [4.69, 9.17) is 11.7 Å². The number of hydrogen-bond donors (Lipinski definition) is 1. The second-order valence-electron chi connectivity index (χ2n) is 4.82. The molecule has 0 bridgehead atoms. The Morgan fingerprint density at radius 1 is 1.05 bits per heavy atom. The second kappa shape index (κ2) is 5.30. The van der Waals surface area contributed by atoms with E-state index in [1.165, 1.54) is 18.2 Å². The van der Waals surface area contributed by atoms with Gasteiger partial charge in [0.2, 0.25) is 0 Å². The number of hydrogen-bond acceptors (Lipinski definition) is 1. The summed E-state index contributed by atoms with van der Waals surface area (Å²) >= 11 is 0. The van der Waals surface area contributed by atoms with Gasteiger partial charge in [0.1, 0.15) is 5.82 Å². The van der Waals surface area contributed by atoms with Crippen LogP contribution < -0.4 is 0 Å². The summed E-state index contributed by atoms with van der Waals surface area (Å²) in [5.41, 5.74) is 1.86. The minimum atomic E-state index is -1.03. The van der Waals surface area contributed by atoms with Gasteiger partial charge in [0.15, 0.2) is 5.69 Å². The Balaban J connectivity index is 2.38. The van der Waals surface area contributed by atoms with Crippen LogP contribution >= 0.6 is 0 Å². The van der Waals surface area contributed by atoms with E-state index in [-0.39, 0.29) is 11.4 Å². The second-order valence-corrected chi connectivity index (χ2v) is 4.82. The lowest BCUT2D eigenvalue weighted by Crippen LogP contribution is -1.96. The number of carbonyl (C=O) groups is 1. The van der Waals surface area contributed by atoms with Crippen LogP contribution in [0, 0.1) is 12.4 Å². The maximum Gasteiger partial charge on any atom is 0.335 e. The van der Waals surface area contributed by atoms with E-state index in [0.717, 1.165) is 5.39 Å². The third kappa shape index (κ3) is 2.29. The molecule has 0 spiro atoms. The minimum Gasteiger partial charge on any atom is -0.478 e. The molecule has 0 aliphatic carbocycles. The quantitative estimate of drug-likeness (QED) is 0.683. The maximum atomic E-state index is 13.1. The van der Waals surface area contributed by atoms with Crippen molar-refractivity contribution < 1.29 is 14.3 Å². The highest BCUT2D eigenvalue weighted by Crippen LogP contribution is 2.37. The van der Waals surface area contributed by atoms with Crippen LogP contribution in [0.4, 0.5) is 10.1 Å². The standard InChI is InChI=1S/C18H10FNO2/c1-20-16-9-6-11-2-3-13(18(21)22)10-15(11)17(16)12-4-7-14(19)8-5-12/h2-10H,(H,21,22). The Morgan fingerprint density at radius 3 is 2.36 bits per heavy atom. The average molecular weight is 291 g/mol. The Labute approximate surface area is 126 Å². The normalized spacial score (nSPS) is 10.4. The number of benzene rings is 3. The number of carboxylic acids is 1. The van der Waals surface area contributed by atoms with E-state index >= 15 is 0 Å². The van der Waals surface area contributed by atoms with Crippen LogP contribution in [0.3, 0.4) is 0 Å². The van der Waals surface area contributed by atoms with Crippen molar-refractivity contribution >= 4 is 22.4 Å². The van der Waals surface area contributed by atoms with Crippen LogP contribution in [0.25, 0.3) is 26.7 Å². The third-order valence-corrected chi connectivity index (χ3v) is 3.50. The fraction of sp³-hybridized carbons (Fsp3) is 0. The van der Waals surface area contributed by atoms with E-state index in [1.807, 2.05) is 0 Å². The van der Waals surface area contributed by atoms with Crippen molar-refractivity contribution in [3.05, 3.63) is 77.4 Å². The molecule has 3 rings (SSSR count). The molecule has 0 radical (unpaired) electrons. The van der Waals surface area contributed by atoms with Crippen molar-refractivity contribution in [2.24, 2.45) is 0 Å². The molecular weight excluding hydrogens is 281 g/mol. The molecule has 0 saturated carbocycles. The summed E-state index contributed by atoms with van der Waals surface area (Å²) in [5.74, 6) is -1.39. The first-order valence-corrected chi connectivity index (χ1v) is 6.53. The zero-order valence-corrected chi connectivity index (χ0v) is 11.4. The summed E-state index contributed by atoms with van der Waals surface area (Å²) in [7, 11) is 0. The Kier molecular flexibility index (Phi) is 3.32. The minimum absolute atomic E-state index is 0.151. The highest BCUT2D eigenvalue weighted by atomic mass is 19.1. The molecule has 0 amide bonds. The lowest BCUT2D eigenvalue weighted by molar-refractivity contribution is 0.0697. The first-order valence-electron chi connectivity index (χ1n) is 6.53. The molecule has 0 fully saturated rings. The van der Waals surface area contributed by atoms with Gasteiger partial charge >= 0.3 is 5.97 Å². The zero-order chi connectivity index (χ0) is 15.7. The molecule has 4 heteroatoms. The van der Waals surface area contributed by atoms with Crippen molar-refractivity contribution in [1.82, 2.24) is 0 Å². The first-order chi connectivity index (χ1) is 10.6. The van der Waals surface area contributed by atoms with E-state index in [0.29, 0.717) is 22.2 Å². The molecule has 0 aliphatic rings. The smallest absolute Gasteiger partial charge is 0.335 e. The van der Waals surface area contributed by atoms with Crippen molar-refractivity contribution in [3.8, 4) is 11.1 Å². The highest BCUT2D eigenvalue weighted by Gasteiger charge is 2.12. The fourth-order valence-corrected chi connectivity index (χ4v) is 2.45. The number of carboxylic acid groups (broad SMARTS) is 1. The highest BCUT2D eigenvalue weighted by molar-refractivity contribution is 6.05. The number of halogens is 1. The number of fused-ring (bicyclic) bond motifs is 1. The van der Waals surface area contributed by atoms with E-state index in [1.54, 1.807) is 36.4 Å². The van der Waals surface area contributed by atoms with Crippen molar-refractivity contribution in [2.45, 2.75) is 0 Å². The summed E-state index contributed by atoms with van der Waals surface area (Å²) in [6.45, 7) is 7.32. The van der Waals surface area contributed by atoms with Crippen molar-refractivity contribution in [3.63, 3.8) is 0 Å². The van der Waals surface area contributed by atoms with Crippen LogP contribution in [0.1, 0.15) is 10.4 Å². The third-order valence-electron chi connectivity index (χ3n) is 3.50. The summed E-state index contributed by atoms with van der Waals surface area (Å²) in [4.78, 5) is 14.7. The summed E-state index contributed by atoms with van der Waals surface area (Å²) in [6, 6.07) is 14.1. The van der Waals surface area contributed by atoms with Gasteiger partial charge in [0.05, 0.1) is 12.1 Å². The SMILES string of the molecule is [C-]#[N+]c1ccc2ccc(C(=O)O)cc2c1-c1ccc(F)cc1. The molecule has 0 heterocycles. The van der Waals surface area contributed by atoms with Gasteiger partial charge in [0, 0.05) is 0 Å². The monoisotopic (exact) mass is 291 g/mol. The van der Waals surface area contributed by atoms with Gasteiger partial charge in [-0.1, -0.05) is 30.3 Å². The molecule has 3 aromatic carbocycles. The van der Waals surface area contributed by atoms with Crippen LogP contribution in [-0.2, 0) is 0 Å². The fourth-order valence-electron chi connectivity index (χ4n) is 2.45. The largest absolute Gasteiger partial charge is 0.478 e. The van der Waals surface area contributed by atoms with Gasteiger partial charge in [0.25, 0.3) is 0 Å².